The number of primary amides is 1. The third-order valence-corrected chi connectivity index (χ3v) is 5.72. The number of aromatic nitrogens is 3. The Morgan fingerprint density at radius 1 is 1.38 bits per heavy atom. The van der Waals surface area contributed by atoms with Crippen LogP contribution in [-0.2, 0) is 11.3 Å². The monoisotopic (exact) mass is 417 g/mol. The van der Waals surface area contributed by atoms with Gasteiger partial charge in [-0.15, -0.1) is 16.8 Å². The van der Waals surface area contributed by atoms with E-state index in [1.165, 1.54) is 11.8 Å². The van der Waals surface area contributed by atoms with Crippen LogP contribution in [0.25, 0.3) is 0 Å². The van der Waals surface area contributed by atoms with E-state index in [9.17, 15) is 9.59 Å². The zero-order chi connectivity index (χ0) is 21.0. The van der Waals surface area contributed by atoms with Gasteiger partial charge in [-0.3, -0.25) is 14.7 Å². The van der Waals surface area contributed by atoms with Gasteiger partial charge >= 0.3 is 6.03 Å². The zero-order valence-corrected chi connectivity index (χ0v) is 17.0. The Labute approximate surface area is 172 Å². The third-order valence-electron chi connectivity index (χ3n) is 4.20. The minimum absolute atomic E-state index is 0.0715. The summed E-state index contributed by atoms with van der Waals surface area (Å²) in [5.74, 6) is 1.33. The lowest BCUT2D eigenvalue weighted by atomic mass is 10.1. The number of nitrogens with zero attached hydrogens (tertiary/aromatic N) is 3. The maximum Gasteiger partial charge on any atom is 0.318 e. The molecule has 3 N–H and O–H groups in total. The molecule has 0 aliphatic carbocycles. The van der Waals surface area contributed by atoms with Crippen molar-refractivity contribution in [3.63, 3.8) is 0 Å². The SMILES string of the molecule is C=CCn1c(S[C@@H](C(=O)NC(N)=O)C(C)C)nnc1[C@@H]1COc2ccccc2O1. The normalized spacial score (nSPS) is 16.3. The second-order valence-corrected chi connectivity index (χ2v) is 7.85. The smallest absolute Gasteiger partial charge is 0.318 e. The Morgan fingerprint density at radius 2 is 2.10 bits per heavy atom. The van der Waals surface area contributed by atoms with Gasteiger partial charge in [0.2, 0.25) is 5.91 Å². The number of allylic oxidation sites excluding steroid dienone is 1. The van der Waals surface area contributed by atoms with Gasteiger partial charge in [-0.05, 0) is 18.1 Å². The van der Waals surface area contributed by atoms with Gasteiger partial charge in [-0.1, -0.05) is 43.8 Å². The van der Waals surface area contributed by atoms with Gasteiger partial charge < -0.3 is 15.2 Å². The number of carbonyl (C=O) groups excluding carboxylic acids is 2. The Kier molecular flexibility index (Phi) is 6.42. The molecule has 1 aromatic carbocycles. The summed E-state index contributed by atoms with van der Waals surface area (Å²) < 4.78 is 13.6. The summed E-state index contributed by atoms with van der Waals surface area (Å²) in [4.78, 5) is 23.4. The molecule has 3 rings (SSSR count). The summed E-state index contributed by atoms with van der Waals surface area (Å²) in [6, 6.07) is 6.52. The quantitative estimate of drug-likeness (QED) is 0.523. The molecule has 1 aromatic heterocycles. The summed E-state index contributed by atoms with van der Waals surface area (Å²) in [5, 5.41) is 10.6. The van der Waals surface area contributed by atoms with Crippen LogP contribution in [-0.4, -0.2) is 38.6 Å². The fraction of sp³-hybridized carbons (Fsp3) is 0.368. The highest BCUT2D eigenvalue weighted by Gasteiger charge is 2.31. The van der Waals surface area contributed by atoms with Gasteiger partial charge in [0, 0.05) is 6.54 Å². The van der Waals surface area contributed by atoms with E-state index in [4.69, 9.17) is 15.2 Å². The Balaban J connectivity index is 1.86. The fourth-order valence-corrected chi connectivity index (χ4v) is 3.92. The lowest BCUT2D eigenvalue weighted by molar-refractivity contribution is -0.120. The number of rotatable bonds is 7. The Bertz CT molecular complexity index is 914. The summed E-state index contributed by atoms with van der Waals surface area (Å²) in [6.07, 6.45) is 1.26. The average molecular weight is 417 g/mol. The summed E-state index contributed by atoms with van der Waals surface area (Å²) in [6.45, 7) is 8.25. The molecule has 0 spiro atoms. The molecule has 10 heteroatoms. The average Bonchev–Trinajstić information content (AvgIpc) is 3.07. The topological polar surface area (TPSA) is 121 Å². The molecule has 2 atom stereocenters. The molecule has 2 heterocycles. The van der Waals surface area contributed by atoms with E-state index in [1.807, 2.05) is 42.7 Å². The highest BCUT2D eigenvalue weighted by molar-refractivity contribution is 8.00. The number of thioether (sulfide) groups is 1. The van der Waals surface area contributed by atoms with Crippen LogP contribution in [0.5, 0.6) is 11.5 Å². The molecule has 154 valence electrons. The second kappa shape index (κ2) is 8.99. The van der Waals surface area contributed by atoms with Crippen molar-refractivity contribution in [2.75, 3.05) is 6.61 Å². The van der Waals surface area contributed by atoms with Gasteiger partial charge in [-0.25, -0.2) is 4.79 Å². The molecule has 0 bridgehead atoms. The number of nitrogens with two attached hydrogens (primary N) is 1. The first-order chi connectivity index (χ1) is 13.9. The van der Waals surface area contributed by atoms with Crippen LogP contribution in [0, 0.1) is 5.92 Å². The highest BCUT2D eigenvalue weighted by Crippen LogP contribution is 2.36. The predicted octanol–water partition coefficient (Wildman–Crippen LogP) is 2.29. The van der Waals surface area contributed by atoms with Crippen molar-refractivity contribution in [1.82, 2.24) is 20.1 Å². The van der Waals surface area contributed by atoms with Gasteiger partial charge in [-0.2, -0.15) is 0 Å². The molecule has 1 aliphatic heterocycles. The van der Waals surface area contributed by atoms with Crippen LogP contribution in [0.1, 0.15) is 25.8 Å². The van der Waals surface area contributed by atoms with Crippen LogP contribution >= 0.6 is 11.8 Å². The molecule has 0 saturated heterocycles. The van der Waals surface area contributed by atoms with Gasteiger partial charge in [0.1, 0.15) is 6.61 Å². The van der Waals surface area contributed by atoms with E-state index in [0.717, 1.165) is 0 Å². The molecule has 0 saturated carbocycles. The number of urea groups is 1. The molecule has 0 fully saturated rings. The standard InChI is InChI=1S/C19H23N5O4S/c1-4-9-24-16(14-10-27-12-7-5-6-8-13(12)28-14)22-23-19(24)29-15(11(2)3)17(25)21-18(20)26/h4-8,11,14-15H,1,9-10H2,2-3H3,(H3,20,21,25,26)/t14-,15+/m0/s1. The molecule has 2 aromatic rings. The van der Waals surface area contributed by atoms with E-state index in [-0.39, 0.29) is 12.5 Å². The zero-order valence-electron chi connectivity index (χ0n) is 16.2. The van der Waals surface area contributed by atoms with Crippen LogP contribution in [0.3, 0.4) is 0 Å². The minimum Gasteiger partial charge on any atom is -0.485 e. The van der Waals surface area contributed by atoms with Crippen molar-refractivity contribution in [2.24, 2.45) is 11.7 Å². The molecule has 9 nitrogen and oxygen atoms in total. The Morgan fingerprint density at radius 3 is 2.76 bits per heavy atom. The highest BCUT2D eigenvalue weighted by atomic mass is 32.2. The molecule has 3 amide bonds. The van der Waals surface area contributed by atoms with Crippen LogP contribution in [0.2, 0.25) is 0 Å². The van der Waals surface area contributed by atoms with E-state index < -0.39 is 23.3 Å². The van der Waals surface area contributed by atoms with Gasteiger partial charge in [0.25, 0.3) is 0 Å². The van der Waals surface area contributed by atoms with Crippen molar-refractivity contribution >= 4 is 23.7 Å². The van der Waals surface area contributed by atoms with Crippen LogP contribution < -0.4 is 20.5 Å². The first kappa shape index (κ1) is 20.7. The first-order valence-corrected chi connectivity index (χ1v) is 9.98. The second-order valence-electron chi connectivity index (χ2n) is 6.74. The van der Waals surface area contributed by atoms with E-state index in [2.05, 4.69) is 22.1 Å². The number of nitrogens with one attached hydrogen (secondary N) is 1. The van der Waals surface area contributed by atoms with Gasteiger partial charge in [0.05, 0.1) is 5.25 Å². The summed E-state index contributed by atoms with van der Waals surface area (Å²) in [5.41, 5.74) is 5.09. The largest absolute Gasteiger partial charge is 0.485 e. The van der Waals surface area contributed by atoms with Crippen molar-refractivity contribution < 1.29 is 19.1 Å². The maximum absolute atomic E-state index is 12.4. The number of benzene rings is 1. The van der Waals surface area contributed by atoms with E-state index in [1.54, 1.807) is 6.08 Å². The molecular formula is C19H23N5O4S. The number of amides is 3. The number of para-hydroxylation sites is 2. The number of hydrogen-bond donors (Lipinski definition) is 2. The van der Waals surface area contributed by atoms with Crippen molar-refractivity contribution in [1.29, 1.82) is 0 Å². The minimum atomic E-state index is -0.888. The van der Waals surface area contributed by atoms with Crippen LogP contribution in [0.4, 0.5) is 4.79 Å². The molecule has 1 aliphatic rings. The number of hydrogen-bond acceptors (Lipinski definition) is 7. The number of carbonyl (C=O) groups is 2. The maximum atomic E-state index is 12.4. The molecule has 0 unspecified atom stereocenters. The van der Waals surface area contributed by atoms with Gasteiger partial charge in [0.15, 0.2) is 28.6 Å². The van der Waals surface area contributed by atoms with Crippen molar-refractivity contribution in [3.8, 4) is 11.5 Å². The van der Waals surface area contributed by atoms with Crippen molar-refractivity contribution in [2.45, 2.75) is 36.9 Å². The Hall–Kier alpha value is -3.01. The van der Waals surface area contributed by atoms with E-state index in [0.29, 0.717) is 29.0 Å². The number of fused-ring (bicyclic) bond motifs is 1. The molecule has 0 radical (unpaired) electrons. The molecular weight excluding hydrogens is 394 g/mol. The summed E-state index contributed by atoms with van der Waals surface area (Å²) in [7, 11) is 0. The summed E-state index contributed by atoms with van der Waals surface area (Å²) >= 11 is 1.21. The van der Waals surface area contributed by atoms with Crippen LogP contribution in [0.15, 0.2) is 42.1 Å². The van der Waals surface area contributed by atoms with E-state index >= 15 is 0 Å². The third kappa shape index (κ3) is 4.70. The fourth-order valence-electron chi connectivity index (χ4n) is 2.87. The number of ether oxygens (including phenoxy) is 2. The lowest BCUT2D eigenvalue weighted by Gasteiger charge is -2.26. The number of imide groups is 1. The predicted molar refractivity (Wildman–Crippen MR) is 108 cm³/mol. The van der Waals surface area contributed by atoms with Crippen molar-refractivity contribution in [3.05, 3.63) is 42.7 Å². The molecule has 29 heavy (non-hydrogen) atoms. The lowest BCUT2D eigenvalue weighted by Crippen LogP contribution is -2.42. The first-order valence-electron chi connectivity index (χ1n) is 9.10.